The molecule has 7 nitrogen and oxygen atoms in total. The van der Waals surface area contributed by atoms with Gasteiger partial charge in [0.05, 0.1) is 18.8 Å². The standard InChI is InChI=1S/C18H23N5O2/c19-16(20)15-17(22-7-6-21-15)23-12-18(24)8-14(9-18)11-25-10-13-4-2-1-3-5-13/h1-7,14,24H,8-12H2,(H3,19,20)(H,22,23). The highest BCUT2D eigenvalue weighted by Gasteiger charge is 2.42. The maximum atomic E-state index is 10.5. The summed E-state index contributed by atoms with van der Waals surface area (Å²) in [5.74, 6) is 0.625. The molecule has 0 atom stereocenters. The second-order valence-corrected chi connectivity index (χ2v) is 6.52. The minimum atomic E-state index is -0.785. The van der Waals surface area contributed by atoms with Crippen molar-refractivity contribution >= 4 is 11.7 Å². The summed E-state index contributed by atoms with van der Waals surface area (Å²) in [4.78, 5) is 8.16. The molecule has 1 saturated carbocycles. The van der Waals surface area contributed by atoms with E-state index in [1.54, 1.807) is 0 Å². The van der Waals surface area contributed by atoms with Gasteiger partial charge in [-0.25, -0.2) is 9.97 Å². The van der Waals surface area contributed by atoms with Crippen LogP contribution >= 0.6 is 0 Å². The number of nitrogens with two attached hydrogens (primary N) is 1. The molecule has 25 heavy (non-hydrogen) atoms. The Morgan fingerprint density at radius 1 is 1.28 bits per heavy atom. The summed E-state index contributed by atoms with van der Waals surface area (Å²) in [7, 11) is 0. The zero-order valence-electron chi connectivity index (χ0n) is 14.0. The summed E-state index contributed by atoms with van der Waals surface area (Å²) in [6, 6.07) is 10.0. The Morgan fingerprint density at radius 2 is 2.00 bits per heavy atom. The van der Waals surface area contributed by atoms with Gasteiger partial charge in [-0.3, -0.25) is 5.41 Å². The summed E-state index contributed by atoms with van der Waals surface area (Å²) >= 11 is 0. The van der Waals surface area contributed by atoms with E-state index >= 15 is 0 Å². The Balaban J connectivity index is 1.41. The van der Waals surface area contributed by atoms with Gasteiger partial charge >= 0.3 is 0 Å². The molecule has 7 heteroatoms. The maximum Gasteiger partial charge on any atom is 0.155 e. The molecule has 1 aromatic carbocycles. The highest BCUT2D eigenvalue weighted by Crippen LogP contribution is 2.38. The lowest BCUT2D eigenvalue weighted by Crippen LogP contribution is -2.50. The molecule has 2 aromatic rings. The van der Waals surface area contributed by atoms with Crippen LogP contribution in [-0.2, 0) is 11.3 Å². The number of aliphatic hydroxyl groups is 1. The van der Waals surface area contributed by atoms with E-state index in [0.29, 0.717) is 50.0 Å². The van der Waals surface area contributed by atoms with Crippen molar-refractivity contribution in [3.63, 3.8) is 0 Å². The molecule has 1 aromatic heterocycles. The molecule has 1 heterocycles. The van der Waals surface area contributed by atoms with Crippen molar-refractivity contribution in [1.82, 2.24) is 9.97 Å². The van der Waals surface area contributed by atoms with Crippen molar-refractivity contribution in [3.05, 3.63) is 54.0 Å². The molecular weight excluding hydrogens is 318 g/mol. The third-order valence-corrected chi connectivity index (χ3v) is 4.34. The molecule has 1 aliphatic carbocycles. The number of nitrogens with one attached hydrogen (secondary N) is 2. The van der Waals surface area contributed by atoms with Gasteiger partial charge in [-0.2, -0.15) is 0 Å². The first-order valence-corrected chi connectivity index (χ1v) is 8.29. The first-order valence-electron chi connectivity index (χ1n) is 8.29. The molecule has 0 aliphatic heterocycles. The average molecular weight is 341 g/mol. The van der Waals surface area contributed by atoms with Crippen LogP contribution in [0.15, 0.2) is 42.7 Å². The summed E-state index contributed by atoms with van der Waals surface area (Å²) in [6.45, 7) is 1.58. The molecule has 0 amide bonds. The predicted octanol–water partition coefficient (Wildman–Crippen LogP) is 1.53. The minimum Gasteiger partial charge on any atom is -0.388 e. The Hall–Kier alpha value is -2.51. The van der Waals surface area contributed by atoms with Crippen LogP contribution in [0.25, 0.3) is 0 Å². The van der Waals surface area contributed by atoms with Crippen LogP contribution in [0.2, 0.25) is 0 Å². The number of nitrogen functional groups attached to an aromatic ring is 1. The molecule has 1 fully saturated rings. The molecule has 3 rings (SSSR count). The molecule has 0 radical (unpaired) electrons. The zero-order valence-corrected chi connectivity index (χ0v) is 14.0. The van der Waals surface area contributed by atoms with Gasteiger partial charge in [-0.15, -0.1) is 0 Å². The second-order valence-electron chi connectivity index (χ2n) is 6.52. The maximum absolute atomic E-state index is 10.5. The first kappa shape index (κ1) is 17.3. The number of ether oxygens (including phenoxy) is 1. The van der Waals surface area contributed by atoms with E-state index in [9.17, 15) is 5.11 Å². The van der Waals surface area contributed by atoms with Crippen molar-refractivity contribution in [3.8, 4) is 0 Å². The quantitative estimate of drug-likeness (QED) is 0.427. The van der Waals surface area contributed by atoms with E-state index in [4.69, 9.17) is 15.9 Å². The average Bonchev–Trinajstić information content (AvgIpc) is 2.59. The van der Waals surface area contributed by atoms with E-state index < -0.39 is 5.60 Å². The number of aromatic nitrogens is 2. The van der Waals surface area contributed by atoms with Crippen LogP contribution in [0.4, 0.5) is 5.82 Å². The Bertz CT molecular complexity index is 716. The van der Waals surface area contributed by atoms with Gasteiger partial charge in [0.15, 0.2) is 5.82 Å². The number of hydrogen-bond acceptors (Lipinski definition) is 6. The first-order chi connectivity index (χ1) is 12.1. The molecule has 0 spiro atoms. The summed E-state index contributed by atoms with van der Waals surface area (Å²) in [5.41, 5.74) is 6.15. The van der Waals surface area contributed by atoms with Gasteiger partial charge in [-0.05, 0) is 24.3 Å². The van der Waals surface area contributed by atoms with Crippen LogP contribution < -0.4 is 11.1 Å². The molecule has 132 valence electrons. The Kier molecular flexibility index (Phi) is 5.25. The van der Waals surface area contributed by atoms with Crippen molar-refractivity contribution in [2.75, 3.05) is 18.5 Å². The Morgan fingerprint density at radius 3 is 2.72 bits per heavy atom. The third-order valence-electron chi connectivity index (χ3n) is 4.34. The monoisotopic (exact) mass is 341 g/mol. The zero-order chi connectivity index (χ0) is 17.7. The van der Waals surface area contributed by atoms with Gasteiger partial charge in [0.1, 0.15) is 11.5 Å². The van der Waals surface area contributed by atoms with E-state index in [1.807, 2.05) is 30.3 Å². The van der Waals surface area contributed by atoms with Crippen LogP contribution in [0.1, 0.15) is 24.1 Å². The number of benzene rings is 1. The number of hydrogen-bond donors (Lipinski definition) is 4. The molecule has 0 saturated heterocycles. The molecular formula is C18H23N5O2. The number of rotatable bonds is 8. The second kappa shape index (κ2) is 7.58. The van der Waals surface area contributed by atoms with E-state index in [-0.39, 0.29) is 5.84 Å². The number of amidine groups is 1. The van der Waals surface area contributed by atoms with Crippen LogP contribution in [0.5, 0.6) is 0 Å². The van der Waals surface area contributed by atoms with E-state index in [0.717, 1.165) is 5.56 Å². The SMILES string of the molecule is N=C(N)c1nccnc1NCC1(O)CC(COCc2ccccc2)C1. The summed E-state index contributed by atoms with van der Waals surface area (Å²) in [5, 5.41) is 21.1. The highest BCUT2D eigenvalue weighted by molar-refractivity contribution is 5.97. The smallest absolute Gasteiger partial charge is 0.155 e. The van der Waals surface area contributed by atoms with E-state index in [1.165, 1.54) is 12.4 Å². The van der Waals surface area contributed by atoms with Crippen LogP contribution in [0.3, 0.4) is 0 Å². The normalized spacial score (nSPS) is 22.2. The third kappa shape index (κ3) is 4.52. The lowest BCUT2D eigenvalue weighted by molar-refractivity contribution is -0.0886. The highest BCUT2D eigenvalue weighted by atomic mass is 16.5. The molecule has 0 unspecified atom stereocenters. The Labute approximate surface area is 146 Å². The fraction of sp³-hybridized carbons (Fsp3) is 0.389. The van der Waals surface area contributed by atoms with Crippen molar-refractivity contribution in [1.29, 1.82) is 5.41 Å². The van der Waals surface area contributed by atoms with Crippen LogP contribution in [-0.4, -0.2) is 39.7 Å². The number of anilines is 1. The van der Waals surface area contributed by atoms with Gasteiger partial charge in [0, 0.05) is 18.9 Å². The van der Waals surface area contributed by atoms with E-state index in [2.05, 4.69) is 15.3 Å². The lowest BCUT2D eigenvalue weighted by Gasteiger charge is -2.43. The van der Waals surface area contributed by atoms with Gasteiger partial charge in [0.25, 0.3) is 0 Å². The van der Waals surface area contributed by atoms with Gasteiger partial charge in [-0.1, -0.05) is 30.3 Å². The largest absolute Gasteiger partial charge is 0.388 e. The fourth-order valence-electron chi connectivity index (χ4n) is 3.11. The molecule has 1 aliphatic rings. The topological polar surface area (TPSA) is 117 Å². The minimum absolute atomic E-state index is 0.150. The number of nitrogens with zero attached hydrogens (tertiary/aromatic N) is 2. The predicted molar refractivity (Wildman–Crippen MR) is 95.3 cm³/mol. The van der Waals surface area contributed by atoms with Crippen LogP contribution in [0, 0.1) is 11.3 Å². The van der Waals surface area contributed by atoms with Crippen molar-refractivity contribution in [2.45, 2.75) is 25.0 Å². The molecule has 5 N–H and O–H groups in total. The van der Waals surface area contributed by atoms with Crippen molar-refractivity contribution < 1.29 is 9.84 Å². The summed E-state index contributed by atoms with van der Waals surface area (Å²) in [6.07, 6.45) is 4.36. The fourth-order valence-corrected chi connectivity index (χ4v) is 3.11. The lowest BCUT2D eigenvalue weighted by atomic mass is 9.71. The summed E-state index contributed by atoms with van der Waals surface area (Å²) < 4.78 is 5.73. The van der Waals surface area contributed by atoms with Gasteiger partial charge in [0.2, 0.25) is 0 Å². The molecule has 0 bridgehead atoms. The van der Waals surface area contributed by atoms with Crippen molar-refractivity contribution in [2.24, 2.45) is 11.7 Å². The van der Waals surface area contributed by atoms with Gasteiger partial charge < -0.3 is 20.9 Å².